The van der Waals surface area contributed by atoms with Crippen molar-refractivity contribution in [2.24, 2.45) is 5.41 Å². The predicted molar refractivity (Wildman–Crippen MR) is 72.4 cm³/mol. The number of aryl methyl sites for hydroxylation is 1. The van der Waals surface area contributed by atoms with Gasteiger partial charge in [0, 0.05) is 11.0 Å². The van der Waals surface area contributed by atoms with Crippen molar-refractivity contribution in [3.05, 3.63) is 34.7 Å². The van der Waals surface area contributed by atoms with Gasteiger partial charge in [-0.25, -0.2) is 8.42 Å². The number of benzene rings is 1. The van der Waals surface area contributed by atoms with Gasteiger partial charge in [-0.05, 0) is 44.4 Å². The third-order valence-electron chi connectivity index (χ3n) is 3.37. The van der Waals surface area contributed by atoms with E-state index in [1.54, 1.807) is 26.0 Å². The lowest BCUT2D eigenvalue weighted by atomic mass is 9.83. The fourth-order valence-electron chi connectivity index (χ4n) is 2.28. The van der Waals surface area contributed by atoms with Crippen molar-refractivity contribution in [1.29, 1.82) is 0 Å². The van der Waals surface area contributed by atoms with Crippen LogP contribution in [0.25, 0.3) is 5.57 Å². The first-order valence-corrected chi connectivity index (χ1v) is 7.49. The average Bonchev–Trinajstić information content (AvgIpc) is 2.51. The Hall–Kier alpha value is -1.62. The molecule has 0 atom stereocenters. The monoisotopic (exact) mass is 280 g/mol. The van der Waals surface area contributed by atoms with Crippen molar-refractivity contribution >= 4 is 21.4 Å². The van der Waals surface area contributed by atoms with Gasteiger partial charge >= 0.3 is 5.97 Å². The molecule has 0 aliphatic carbocycles. The number of hydrogen-bond donors (Lipinski definition) is 1. The first kappa shape index (κ1) is 13.8. The van der Waals surface area contributed by atoms with Crippen LogP contribution in [0.3, 0.4) is 0 Å². The third-order valence-corrected chi connectivity index (χ3v) is 4.92. The minimum absolute atomic E-state index is 0.194. The van der Waals surface area contributed by atoms with E-state index in [1.165, 1.54) is 5.41 Å². The minimum Gasteiger partial charge on any atom is -0.481 e. The van der Waals surface area contributed by atoms with Gasteiger partial charge in [-0.15, -0.1) is 0 Å². The highest BCUT2D eigenvalue weighted by Gasteiger charge is 2.34. The van der Waals surface area contributed by atoms with Gasteiger partial charge in [0.2, 0.25) is 9.84 Å². The number of carbonyl (C=O) groups is 1. The van der Waals surface area contributed by atoms with Crippen molar-refractivity contribution in [3.63, 3.8) is 0 Å². The molecular formula is C14H16O4S. The highest BCUT2D eigenvalue weighted by Crippen LogP contribution is 2.41. The van der Waals surface area contributed by atoms with E-state index in [0.29, 0.717) is 11.1 Å². The Morgan fingerprint density at radius 3 is 2.53 bits per heavy atom. The molecule has 102 valence electrons. The molecule has 1 N–H and O–H groups in total. The Morgan fingerprint density at radius 1 is 1.32 bits per heavy atom. The Balaban J connectivity index is 2.55. The Kier molecular flexibility index (Phi) is 3.05. The van der Waals surface area contributed by atoms with Gasteiger partial charge in [-0.2, -0.15) is 0 Å². The number of rotatable bonds is 3. The normalized spacial score (nSPS) is 16.9. The summed E-state index contributed by atoms with van der Waals surface area (Å²) in [5.74, 6) is -0.937. The lowest BCUT2D eigenvalue weighted by Crippen LogP contribution is -2.23. The Morgan fingerprint density at radius 2 is 1.95 bits per heavy atom. The highest BCUT2D eigenvalue weighted by molar-refractivity contribution is 7.95. The van der Waals surface area contributed by atoms with Crippen LogP contribution in [-0.2, 0) is 14.6 Å². The molecule has 1 aliphatic rings. The lowest BCUT2D eigenvalue weighted by Gasteiger charge is -2.20. The van der Waals surface area contributed by atoms with Gasteiger partial charge in [-0.3, -0.25) is 4.79 Å². The molecule has 19 heavy (non-hydrogen) atoms. The van der Waals surface area contributed by atoms with Crippen LogP contribution >= 0.6 is 0 Å². The van der Waals surface area contributed by atoms with Crippen LogP contribution < -0.4 is 0 Å². The maximum absolute atomic E-state index is 12.0. The molecule has 0 fully saturated rings. The van der Waals surface area contributed by atoms with Crippen LogP contribution in [0.5, 0.6) is 0 Å². The molecule has 1 aromatic rings. The van der Waals surface area contributed by atoms with E-state index >= 15 is 0 Å². The Labute approximate surface area is 112 Å². The van der Waals surface area contributed by atoms with Crippen LogP contribution in [0.2, 0.25) is 0 Å². The zero-order chi connectivity index (χ0) is 14.4. The van der Waals surface area contributed by atoms with Crippen molar-refractivity contribution in [2.75, 3.05) is 0 Å². The summed E-state index contributed by atoms with van der Waals surface area (Å²) in [7, 11) is -3.43. The number of carboxylic acid groups (broad SMARTS) is 1. The molecule has 2 rings (SSSR count). The fraction of sp³-hybridized carbons (Fsp3) is 0.357. The molecule has 0 bridgehead atoms. The molecular weight excluding hydrogens is 264 g/mol. The van der Waals surface area contributed by atoms with Crippen molar-refractivity contribution in [1.82, 2.24) is 0 Å². The number of fused-ring (bicyclic) bond motifs is 1. The van der Waals surface area contributed by atoms with E-state index < -0.39 is 21.2 Å². The number of sulfone groups is 1. The van der Waals surface area contributed by atoms with Gasteiger partial charge in [-0.1, -0.05) is 12.1 Å². The quantitative estimate of drug-likeness (QED) is 0.923. The van der Waals surface area contributed by atoms with E-state index in [9.17, 15) is 18.3 Å². The SMILES string of the molecule is Cc1cccc2c1C(CC(C)(C)C(=O)O)=CS2(=O)=O. The van der Waals surface area contributed by atoms with Gasteiger partial charge < -0.3 is 5.11 Å². The molecule has 0 radical (unpaired) electrons. The van der Waals surface area contributed by atoms with Gasteiger partial charge in [0.1, 0.15) is 0 Å². The molecule has 0 saturated carbocycles. The second-order valence-corrected chi connectivity index (χ2v) is 7.27. The molecule has 0 amide bonds. The van der Waals surface area contributed by atoms with E-state index in [-0.39, 0.29) is 11.3 Å². The van der Waals surface area contributed by atoms with Crippen LogP contribution in [0.4, 0.5) is 0 Å². The average molecular weight is 280 g/mol. The third kappa shape index (κ3) is 2.30. The summed E-state index contributed by atoms with van der Waals surface area (Å²) in [5.41, 5.74) is 1.11. The zero-order valence-electron chi connectivity index (χ0n) is 11.1. The van der Waals surface area contributed by atoms with Crippen molar-refractivity contribution in [2.45, 2.75) is 32.1 Å². The van der Waals surface area contributed by atoms with Gasteiger partial charge in [0.15, 0.2) is 0 Å². The number of hydrogen-bond acceptors (Lipinski definition) is 3. The summed E-state index contributed by atoms with van der Waals surface area (Å²) in [6.45, 7) is 5.03. The van der Waals surface area contributed by atoms with E-state index in [4.69, 9.17) is 0 Å². The molecule has 0 unspecified atom stereocenters. The summed E-state index contributed by atoms with van der Waals surface area (Å²) in [5, 5.41) is 10.4. The second-order valence-electron chi connectivity index (χ2n) is 5.50. The summed E-state index contributed by atoms with van der Waals surface area (Å²) < 4.78 is 24.1. The topological polar surface area (TPSA) is 71.4 Å². The molecule has 0 saturated heterocycles. The number of aliphatic carboxylic acids is 1. The lowest BCUT2D eigenvalue weighted by molar-refractivity contribution is -0.146. The first-order chi connectivity index (χ1) is 8.65. The molecule has 0 spiro atoms. The zero-order valence-corrected chi connectivity index (χ0v) is 11.9. The van der Waals surface area contributed by atoms with Crippen molar-refractivity contribution < 1.29 is 18.3 Å². The van der Waals surface area contributed by atoms with E-state index in [1.807, 2.05) is 13.0 Å². The standard InChI is InChI=1S/C14H16O4S/c1-9-5-4-6-11-12(9)10(8-19(11,17)18)7-14(2,3)13(15)16/h4-6,8H,7H2,1-3H3,(H,15,16). The van der Waals surface area contributed by atoms with E-state index in [0.717, 1.165) is 5.56 Å². The maximum atomic E-state index is 12.0. The molecule has 0 aromatic heterocycles. The second kappa shape index (κ2) is 4.20. The van der Waals surface area contributed by atoms with Crippen LogP contribution in [0.15, 0.2) is 28.5 Å². The molecule has 1 aromatic carbocycles. The summed E-state index contributed by atoms with van der Waals surface area (Å²) in [6, 6.07) is 5.10. The summed E-state index contributed by atoms with van der Waals surface area (Å²) in [6.07, 6.45) is 0.194. The van der Waals surface area contributed by atoms with Crippen LogP contribution in [0, 0.1) is 12.3 Å². The number of allylic oxidation sites excluding steroid dienone is 1. The smallest absolute Gasteiger partial charge is 0.309 e. The number of carboxylic acids is 1. The maximum Gasteiger partial charge on any atom is 0.309 e. The highest BCUT2D eigenvalue weighted by atomic mass is 32.2. The first-order valence-electron chi connectivity index (χ1n) is 5.94. The predicted octanol–water partition coefficient (Wildman–Crippen LogP) is 2.62. The van der Waals surface area contributed by atoms with E-state index in [2.05, 4.69) is 0 Å². The van der Waals surface area contributed by atoms with Gasteiger partial charge in [0.05, 0.1) is 10.3 Å². The van der Waals surface area contributed by atoms with Crippen LogP contribution in [0.1, 0.15) is 31.4 Å². The summed E-state index contributed by atoms with van der Waals surface area (Å²) >= 11 is 0. The van der Waals surface area contributed by atoms with Crippen molar-refractivity contribution in [3.8, 4) is 0 Å². The minimum atomic E-state index is -3.43. The fourth-order valence-corrected chi connectivity index (χ4v) is 3.83. The molecule has 1 aliphatic heterocycles. The molecule has 1 heterocycles. The van der Waals surface area contributed by atoms with Gasteiger partial charge in [0.25, 0.3) is 0 Å². The molecule has 4 nitrogen and oxygen atoms in total. The largest absolute Gasteiger partial charge is 0.481 e. The van der Waals surface area contributed by atoms with Crippen LogP contribution in [-0.4, -0.2) is 19.5 Å². The Bertz CT molecular complexity index is 681. The summed E-state index contributed by atoms with van der Waals surface area (Å²) in [4.78, 5) is 11.5. The molecule has 5 heteroatoms.